The summed E-state index contributed by atoms with van der Waals surface area (Å²) in [6.07, 6.45) is 0. The van der Waals surface area contributed by atoms with Gasteiger partial charge >= 0.3 is 11.9 Å². The number of esters is 2. The van der Waals surface area contributed by atoms with E-state index in [2.05, 4.69) is 4.98 Å². The fourth-order valence-corrected chi connectivity index (χ4v) is 2.99. The molecule has 0 aliphatic carbocycles. The van der Waals surface area contributed by atoms with Crippen molar-refractivity contribution < 1.29 is 19.1 Å². The summed E-state index contributed by atoms with van der Waals surface area (Å²) in [4.78, 5) is 28.9. The van der Waals surface area contributed by atoms with Gasteiger partial charge in [-0.15, -0.1) is 0 Å². The molecule has 3 aromatic rings. The summed E-state index contributed by atoms with van der Waals surface area (Å²) < 4.78 is 12.1. The lowest BCUT2D eigenvalue weighted by Crippen LogP contribution is -2.07. The van der Waals surface area contributed by atoms with Crippen molar-refractivity contribution in [3.8, 4) is 22.6 Å². The molecule has 3 rings (SSSR count). The third-order valence-electron chi connectivity index (χ3n) is 4.27. The number of hydrogen-bond acceptors (Lipinski definition) is 5. The van der Waals surface area contributed by atoms with Crippen LogP contribution in [0, 0.1) is 0 Å². The van der Waals surface area contributed by atoms with E-state index in [1.165, 1.54) is 0 Å². The highest BCUT2D eigenvalue weighted by Gasteiger charge is 2.23. The second-order valence-electron chi connectivity index (χ2n) is 6.08. The van der Waals surface area contributed by atoms with Crippen molar-refractivity contribution in [2.24, 2.45) is 7.05 Å². The largest absolute Gasteiger partial charge is 0.462 e. The predicted molar refractivity (Wildman–Crippen MR) is 106 cm³/mol. The van der Waals surface area contributed by atoms with Crippen LogP contribution in [0.15, 0.2) is 54.6 Å². The number of benzene rings is 2. The van der Waals surface area contributed by atoms with Crippen molar-refractivity contribution >= 4 is 11.9 Å². The molecular formula is C22H22N2O4. The number of hydrogen-bond donors (Lipinski definition) is 0. The molecule has 0 saturated heterocycles. The molecular weight excluding hydrogens is 356 g/mol. The van der Waals surface area contributed by atoms with E-state index in [4.69, 9.17) is 9.47 Å². The van der Waals surface area contributed by atoms with Gasteiger partial charge < -0.3 is 14.0 Å². The van der Waals surface area contributed by atoms with E-state index in [0.717, 1.165) is 11.1 Å². The molecule has 6 heteroatoms. The van der Waals surface area contributed by atoms with Gasteiger partial charge in [0.15, 0.2) is 5.69 Å². The molecule has 6 nitrogen and oxygen atoms in total. The van der Waals surface area contributed by atoms with Crippen molar-refractivity contribution in [3.63, 3.8) is 0 Å². The van der Waals surface area contributed by atoms with Gasteiger partial charge in [0.25, 0.3) is 0 Å². The normalized spacial score (nSPS) is 10.5. The Balaban J connectivity index is 2.07. The van der Waals surface area contributed by atoms with Gasteiger partial charge in [-0.2, -0.15) is 0 Å². The molecule has 0 saturated carbocycles. The lowest BCUT2D eigenvalue weighted by Gasteiger charge is -2.08. The maximum Gasteiger partial charge on any atom is 0.359 e. The standard InChI is InChI=1S/C22H22N2O4/c1-4-27-21(25)17-13-11-16(12-14-17)20-23-18(22(26)28-5-2)19(24(20)3)15-9-7-6-8-10-15/h6-14H,4-5H2,1-3H3. The first-order valence-corrected chi connectivity index (χ1v) is 9.13. The number of carbonyl (C=O) groups excluding carboxylic acids is 2. The average molecular weight is 378 g/mol. The molecule has 0 fully saturated rings. The SMILES string of the molecule is CCOC(=O)c1ccc(-c2nc(C(=O)OCC)c(-c3ccccc3)n2C)cc1. The van der Waals surface area contributed by atoms with E-state index >= 15 is 0 Å². The number of aromatic nitrogens is 2. The average Bonchev–Trinajstić information content (AvgIpc) is 3.06. The van der Waals surface area contributed by atoms with Crippen LogP contribution in [-0.4, -0.2) is 34.7 Å². The molecule has 0 amide bonds. The van der Waals surface area contributed by atoms with Crippen LogP contribution in [0.4, 0.5) is 0 Å². The van der Waals surface area contributed by atoms with E-state index < -0.39 is 5.97 Å². The van der Waals surface area contributed by atoms with Crippen LogP contribution in [0.5, 0.6) is 0 Å². The zero-order valence-electron chi connectivity index (χ0n) is 16.1. The minimum absolute atomic E-state index is 0.264. The van der Waals surface area contributed by atoms with Gasteiger partial charge in [-0.05, 0) is 26.0 Å². The molecule has 0 atom stereocenters. The molecule has 0 bridgehead atoms. The minimum atomic E-state index is -0.466. The molecule has 0 unspecified atom stereocenters. The quantitative estimate of drug-likeness (QED) is 0.604. The third kappa shape index (κ3) is 3.81. The monoisotopic (exact) mass is 378 g/mol. The fraction of sp³-hybridized carbons (Fsp3) is 0.227. The fourth-order valence-electron chi connectivity index (χ4n) is 2.99. The lowest BCUT2D eigenvalue weighted by molar-refractivity contribution is 0.0514. The van der Waals surface area contributed by atoms with Crippen molar-refractivity contribution in [2.45, 2.75) is 13.8 Å². The highest BCUT2D eigenvalue weighted by atomic mass is 16.5. The second-order valence-corrected chi connectivity index (χ2v) is 6.08. The van der Waals surface area contributed by atoms with Crippen LogP contribution in [-0.2, 0) is 16.5 Å². The topological polar surface area (TPSA) is 70.4 Å². The molecule has 0 spiro atoms. The summed E-state index contributed by atoms with van der Waals surface area (Å²) in [6, 6.07) is 16.5. The Hall–Kier alpha value is -3.41. The molecule has 1 heterocycles. The summed E-state index contributed by atoms with van der Waals surface area (Å²) >= 11 is 0. The van der Waals surface area contributed by atoms with Gasteiger partial charge in [0, 0.05) is 18.2 Å². The third-order valence-corrected chi connectivity index (χ3v) is 4.27. The molecule has 1 aromatic heterocycles. The van der Waals surface area contributed by atoms with Crippen LogP contribution in [0.25, 0.3) is 22.6 Å². The summed E-state index contributed by atoms with van der Waals surface area (Å²) in [5.41, 5.74) is 3.07. The van der Waals surface area contributed by atoms with Crippen LogP contribution in [0.1, 0.15) is 34.7 Å². The summed E-state index contributed by atoms with van der Waals surface area (Å²) in [6.45, 7) is 4.12. The van der Waals surface area contributed by atoms with E-state index in [-0.39, 0.29) is 18.3 Å². The van der Waals surface area contributed by atoms with Crippen molar-refractivity contribution in [1.82, 2.24) is 9.55 Å². The molecule has 2 aromatic carbocycles. The molecule has 0 radical (unpaired) electrons. The Morgan fingerprint density at radius 1 is 0.857 bits per heavy atom. The smallest absolute Gasteiger partial charge is 0.359 e. The maximum atomic E-state index is 12.5. The molecule has 28 heavy (non-hydrogen) atoms. The number of rotatable bonds is 6. The van der Waals surface area contributed by atoms with Gasteiger partial charge in [-0.1, -0.05) is 42.5 Å². The predicted octanol–water partition coefficient (Wildman–Crippen LogP) is 4.11. The number of carbonyl (C=O) groups is 2. The van der Waals surface area contributed by atoms with Gasteiger partial charge in [-0.3, -0.25) is 0 Å². The molecule has 0 aliphatic rings. The second kappa shape index (κ2) is 8.52. The number of ether oxygens (including phenoxy) is 2. The molecule has 0 N–H and O–H groups in total. The molecule has 0 aliphatic heterocycles. The molecule has 144 valence electrons. The number of nitrogens with zero attached hydrogens (tertiary/aromatic N) is 2. The van der Waals surface area contributed by atoms with E-state index in [0.29, 0.717) is 23.7 Å². The van der Waals surface area contributed by atoms with Gasteiger partial charge in [0.1, 0.15) is 5.82 Å². The Morgan fingerprint density at radius 2 is 1.46 bits per heavy atom. The lowest BCUT2D eigenvalue weighted by atomic mass is 10.1. The van der Waals surface area contributed by atoms with E-state index in [9.17, 15) is 9.59 Å². The Kier molecular flexibility index (Phi) is 5.89. The highest BCUT2D eigenvalue weighted by Crippen LogP contribution is 2.30. The van der Waals surface area contributed by atoms with Crippen LogP contribution in [0.3, 0.4) is 0 Å². The van der Waals surface area contributed by atoms with Crippen molar-refractivity contribution in [1.29, 1.82) is 0 Å². The van der Waals surface area contributed by atoms with Gasteiger partial charge in [0.2, 0.25) is 0 Å². The first-order chi connectivity index (χ1) is 13.6. The van der Waals surface area contributed by atoms with Crippen LogP contribution < -0.4 is 0 Å². The Morgan fingerprint density at radius 3 is 2.07 bits per heavy atom. The summed E-state index contributed by atoms with van der Waals surface area (Å²) in [5.74, 6) is -0.227. The number of imidazole rings is 1. The van der Waals surface area contributed by atoms with Crippen molar-refractivity contribution in [2.75, 3.05) is 13.2 Å². The highest BCUT2D eigenvalue weighted by molar-refractivity contribution is 5.96. The summed E-state index contributed by atoms with van der Waals surface area (Å²) in [7, 11) is 1.85. The first kappa shape index (κ1) is 19.4. The zero-order chi connectivity index (χ0) is 20.1. The van der Waals surface area contributed by atoms with E-state index in [1.54, 1.807) is 38.1 Å². The van der Waals surface area contributed by atoms with Crippen LogP contribution >= 0.6 is 0 Å². The van der Waals surface area contributed by atoms with Crippen molar-refractivity contribution in [3.05, 3.63) is 65.9 Å². The van der Waals surface area contributed by atoms with E-state index in [1.807, 2.05) is 41.9 Å². The first-order valence-electron chi connectivity index (χ1n) is 9.13. The Labute approximate surface area is 163 Å². The minimum Gasteiger partial charge on any atom is -0.462 e. The Bertz CT molecular complexity index is 976. The van der Waals surface area contributed by atoms with Gasteiger partial charge in [-0.25, -0.2) is 14.6 Å². The van der Waals surface area contributed by atoms with Gasteiger partial charge in [0.05, 0.1) is 24.5 Å². The summed E-state index contributed by atoms with van der Waals surface area (Å²) in [5, 5.41) is 0. The maximum absolute atomic E-state index is 12.5. The van der Waals surface area contributed by atoms with Crippen LogP contribution in [0.2, 0.25) is 0 Å². The zero-order valence-corrected chi connectivity index (χ0v) is 16.1.